The minimum atomic E-state index is 0.794. The van der Waals surface area contributed by atoms with Gasteiger partial charge in [0.1, 0.15) is 11.5 Å². The summed E-state index contributed by atoms with van der Waals surface area (Å²) in [7, 11) is 1.68. The summed E-state index contributed by atoms with van der Waals surface area (Å²) < 4.78 is 10.8. The van der Waals surface area contributed by atoms with Crippen LogP contribution < -0.4 is 9.47 Å². The molecule has 0 atom stereocenters. The van der Waals surface area contributed by atoms with E-state index in [0.29, 0.717) is 0 Å². The lowest BCUT2D eigenvalue weighted by molar-refractivity contribution is 0.205. The van der Waals surface area contributed by atoms with Crippen LogP contribution in [0.2, 0.25) is 0 Å². The van der Waals surface area contributed by atoms with Crippen LogP contribution in [-0.2, 0) is 0 Å². The predicted molar refractivity (Wildman–Crippen MR) is 73.4 cm³/mol. The van der Waals surface area contributed by atoms with Crippen molar-refractivity contribution in [3.8, 4) is 11.5 Å². The Morgan fingerprint density at radius 3 is 2.33 bits per heavy atom. The molecule has 0 spiro atoms. The van der Waals surface area contributed by atoms with Crippen LogP contribution in [0, 0.1) is 0 Å². The zero-order valence-electron chi connectivity index (χ0n) is 11.2. The molecule has 2 rings (SSSR count). The van der Waals surface area contributed by atoms with Crippen LogP contribution >= 0.6 is 0 Å². The molecular weight excluding hydrogens is 226 g/mol. The second-order valence-corrected chi connectivity index (χ2v) is 4.78. The maximum atomic E-state index is 5.71. The normalized spacial score (nSPS) is 16.5. The van der Waals surface area contributed by atoms with E-state index >= 15 is 0 Å². The molecule has 3 heteroatoms. The number of benzene rings is 1. The minimum absolute atomic E-state index is 0.794. The molecule has 3 nitrogen and oxygen atoms in total. The highest BCUT2D eigenvalue weighted by atomic mass is 16.5. The highest BCUT2D eigenvalue weighted by Crippen LogP contribution is 2.17. The van der Waals surface area contributed by atoms with Crippen molar-refractivity contribution in [3.63, 3.8) is 0 Å². The minimum Gasteiger partial charge on any atom is -0.497 e. The zero-order chi connectivity index (χ0) is 12.6. The van der Waals surface area contributed by atoms with Gasteiger partial charge >= 0.3 is 0 Å². The summed E-state index contributed by atoms with van der Waals surface area (Å²) in [6, 6.07) is 7.78. The molecule has 0 radical (unpaired) electrons. The van der Waals surface area contributed by atoms with Crippen LogP contribution in [0.4, 0.5) is 0 Å². The van der Waals surface area contributed by atoms with E-state index in [0.717, 1.165) is 31.1 Å². The van der Waals surface area contributed by atoms with Crippen LogP contribution in [0.5, 0.6) is 11.5 Å². The quantitative estimate of drug-likeness (QED) is 0.724. The first-order valence-corrected chi connectivity index (χ1v) is 6.88. The average molecular weight is 249 g/mol. The Bertz CT molecular complexity index is 331. The molecule has 1 saturated heterocycles. The number of methoxy groups -OCH3 is 1. The van der Waals surface area contributed by atoms with E-state index < -0.39 is 0 Å². The van der Waals surface area contributed by atoms with Crippen LogP contribution in [0.15, 0.2) is 24.3 Å². The molecule has 18 heavy (non-hydrogen) atoms. The highest BCUT2D eigenvalue weighted by Gasteiger charge is 2.08. The van der Waals surface area contributed by atoms with Crippen molar-refractivity contribution >= 4 is 0 Å². The number of rotatable bonds is 6. The fraction of sp³-hybridized carbons (Fsp3) is 0.600. The van der Waals surface area contributed by atoms with Crippen molar-refractivity contribution in [3.05, 3.63) is 24.3 Å². The second kappa shape index (κ2) is 7.27. The number of piperidine rings is 1. The van der Waals surface area contributed by atoms with Gasteiger partial charge in [0.15, 0.2) is 0 Å². The topological polar surface area (TPSA) is 21.7 Å². The highest BCUT2D eigenvalue weighted by molar-refractivity contribution is 5.31. The van der Waals surface area contributed by atoms with E-state index in [1.165, 1.54) is 32.4 Å². The Labute approximate surface area is 110 Å². The Morgan fingerprint density at radius 1 is 1.00 bits per heavy atom. The zero-order valence-corrected chi connectivity index (χ0v) is 11.2. The number of nitrogens with zero attached hydrogens (tertiary/aromatic N) is 1. The SMILES string of the molecule is COc1ccc(OCCCN2CCCCC2)cc1. The predicted octanol–water partition coefficient (Wildman–Crippen LogP) is 2.95. The van der Waals surface area contributed by atoms with Crippen molar-refractivity contribution in [2.24, 2.45) is 0 Å². The Balaban J connectivity index is 1.62. The van der Waals surface area contributed by atoms with Crippen LogP contribution in [0.1, 0.15) is 25.7 Å². The van der Waals surface area contributed by atoms with Gasteiger partial charge < -0.3 is 14.4 Å². The fourth-order valence-electron chi connectivity index (χ4n) is 2.33. The van der Waals surface area contributed by atoms with Crippen molar-refractivity contribution in [1.82, 2.24) is 4.90 Å². The molecule has 100 valence electrons. The van der Waals surface area contributed by atoms with Gasteiger partial charge in [-0.25, -0.2) is 0 Å². The standard InChI is InChI=1S/C15H23NO2/c1-17-14-6-8-15(9-7-14)18-13-5-12-16-10-3-2-4-11-16/h6-9H,2-5,10-13H2,1H3. The number of likely N-dealkylation sites (tertiary alicyclic amines) is 1. The second-order valence-electron chi connectivity index (χ2n) is 4.78. The van der Waals surface area contributed by atoms with Crippen LogP contribution in [-0.4, -0.2) is 38.3 Å². The Morgan fingerprint density at radius 2 is 1.67 bits per heavy atom. The van der Waals surface area contributed by atoms with Gasteiger partial charge in [-0.3, -0.25) is 0 Å². The van der Waals surface area contributed by atoms with Crippen LogP contribution in [0.3, 0.4) is 0 Å². The monoisotopic (exact) mass is 249 g/mol. The van der Waals surface area contributed by atoms with Gasteiger partial charge in [-0.2, -0.15) is 0 Å². The first kappa shape index (κ1) is 13.2. The first-order chi connectivity index (χ1) is 8.88. The maximum Gasteiger partial charge on any atom is 0.119 e. The summed E-state index contributed by atoms with van der Waals surface area (Å²) in [4.78, 5) is 2.54. The molecule has 1 aromatic rings. The average Bonchev–Trinajstić information content (AvgIpc) is 2.45. The van der Waals surface area contributed by atoms with Crippen LogP contribution in [0.25, 0.3) is 0 Å². The van der Waals surface area contributed by atoms with Gasteiger partial charge in [-0.15, -0.1) is 0 Å². The third-order valence-electron chi connectivity index (χ3n) is 3.40. The molecule has 0 saturated carbocycles. The van der Waals surface area contributed by atoms with E-state index in [1.807, 2.05) is 24.3 Å². The Hall–Kier alpha value is -1.22. The van der Waals surface area contributed by atoms with Gasteiger partial charge in [-0.1, -0.05) is 6.42 Å². The lowest BCUT2D eigenvalue weighted by Crippen LogP contribution is -2.31. The number of hydrogen-bond donors (Lipinski definition) is 0. The van der Waals surface area contributed by atoms with Gasteiger partial charge in [0.2, 0.25) is 0 Å². The molecule has 0 bridgehead atoms. The summed E-state index contributed by atoms with van der Waals surface area (Å²) in [5.41, 5.74) is 0. The molecule has 0 amide bonds. The van der Waals surface area contributed by atoms with Gasteiger partial charge in [0, 0.05) is 6.54 Å². The number of ether oxygens (including phenoxy) is 2. The Kier molecular flexibility index (Phi) is 5.34. The smallest absolute Gasteiger partial charge is 0.119 e. The summed E-state index contributed by atoms with van der Waals surface area (Å²) >= 11 is 0. The first-order valence-electron chi connectivity index (χ1n) is 6.88. The lowest BCUT2D eigenvalue weighted by Gasteiger charge is -2.26. The molecule has 1 aliphatic rings. The number of hydrogen-bond acceptors (Lipinski definition) is 3. The third-order valence-corrected chi connectivity index (χ3v) is 3.40. The van der Waals surface area contributed by atoms with Gasteiger partial charge in [-0.05, 0) is 56.6 Å². The largest absolute Gasteiger partial charge is 0.497 e. The molecule has 0 aromatic heterocycles. The summed E-state index contributed by atoms with van der Waals surface area (Å²) in [6.07, 6.45) is 5.23. The summed E-state index contributed by atoms with van der Waals surface area (Å²) in [5.74, 6) is 1.80. The molecule has 1 aliphatic heterocycles. The van der Waals surface area contributed by atoms with Gasteiger partial charge in [0.25, 0.3) is 0 Å². The van der Waals surface area contributed by atoms with Crippen molar-refractivity contribution in [2.75, 3.05) is 33.4 Å². The van der Waals surface area contributed by atoms with E-state index in [-0.39, 0.29) is 0 Å². The van der Waals surface area contributed by atoms with Crippen molar-refractivity contribution in [2.45, 2.75) is 25.7 Å². The van der Waals surface area contributed by atoms with Crippen molar-refractivity contribution in [1.29, 1.82) is 0 Å². The molecule has 0 unspecified atom stereocenters. The molecule has 1 aromatic carbocycles. The maximum absolute atomic E-state index is 5.71. The van der Waals surface area contributed by atoms with Crippen molar-refractivity contribution < 1.29 is 9.47 Å². The molecule has 1 heterocycles. The lowest BCUT2D eigenvalue weighted by atomic mass is 10.1. The van der Waals surface area contributed by atoms with E-state index in [4.69, 9.17) is 9.47 Å². The third kappa shape index (κ3) is 4.22. The van der Waals surface area contributed by atoms with E-state index in [2.05, 4.69) is 4.90 Å². The molecule has 0 aliphatic carbocycles. The molecular formula is C15H23NO2. The summed E-state index contributed by atoms with van der Waals surface area (Å²) in [5, 5.41) is 0. The van der Waals surface area contributed by atoms with E-state index in [9.17, 15) is 0 Å². The molecule has 0 N–H and O–H groups in total. The fourth-order valence-corrected chi connectivity index (χ4v) is 2.33. The van der Waals surface area contributed by atoms with Gasteiger partial charge in [0.05, 0.1) is 13.7 Å². The summed E-state index contributed by atoms with van der Waals surface area (Å²) in [6.45, 7) is 4.49. The molecule has 1 fully saturated rings. The van der Waals surface area contributed by atoms with E-state index in [1.54, 1.807) is 7.11 Å².